The van der Waals surface area contributed by atoms with Crippen molar-refractivity contribution in [3.63, 3.8) is 0 Å². The molecule has 1 spiro atoms. The van der Waals surface area contributed by atoms with Gasteiger partial charge >= 0.3 is 0 Å². The first kappa shape index (κ1) is 25.0. The summed E-state index contributed by atoms with van der Waals surface area (Å²) in [5, 5.41) is 3.15. The number of likely N-dealkylation sites (tertiary alicyclic amines) is 1. The molecule has 0 unspecified atom stereocenters. The molecule has 3 aliphatic rings. The second kappa shape index (κ2) is 10.8. The lowest BCUT2D eigenvalue weighted by Gasteiger charge is -2.51. The van der Waals surface area contributed by atoms with Gasteiger partial charge in [-0.2, -0.15) is 0 Å². The van der Waals surface area contributed by atoms with Gasteiger partial charge in [-0.15, -0.1) is 0 Å². The number of anilines is 1. The van der Waals surface area contributed by atoms with Crippen molar-refractivity contribution in [2.24, 2.45) is 5.92 Å². The number of piperidine rings is 1. The van der Waals surface area contributed by atoms with Gasteiger partial charge in [0.2, 0.25) is 5.91 Å². The van der Waals surface area contributed by atoms with Crippen LogP contribution in [0.5, 0.6) is 0 Å². The molecule has 0 saturated carbocycles. The maximum Gasteiger partial charge on any atom is 0.250 e. The molecule has 5 rings (SSSR count). The van der Waals surface area contributed by atoms with E-state index in [-0.39, 0.29) is 11.8 Å². The highest BCUT2D eigenvalue weighted by molar-refractivity contribution is 6.11. The number of rotatable bonds is 8. The van der Waals surface area contributed by atoms with Gasteiger partial charge in [0.15, 0.2) is 0 Å². The molecule has 2 saturated heterocycles. The topological polar surface area (TPSA) is 52.7 Å². The Morgan fingerprint density at radius 1 is 0.972 bits per heavy atom. The zero-order valence-corrected chi connectivity index (χ0v) is 22.0. The summed E-state index contributed by atoms with van der Waals surface area (Å²) >= 11 is 0. The van der Waals surface area contributed by atoms with E-state index in [2.05, 4.69) is 72.6 Å². The van der Waals surface area contributed by atoms with Crippen molar-refractivity contribution < 1.29 is 9.59 Å². The number of nitrogens with zero attached hydrogens (tertiary/aromatic N) is 2. The molecule has 0 bridgehead atoms. The fourth-order valence-electron chi connectivity index (χ4n) is 6.43. The molecule has 5 nitrogen and oxygen atoms in total. The molecule has 2 aromatic rings. The van der Waals surface area contributed by atoms with E-state index in [9.17, 15) is 9.59 Å². The van der Waals surface area contributed by atoms with Gasteiger partial charge in [0.25, 0.3) is 5.91 Å². The summed E-state index contributed by atoms with van der Waals surface area (Å²) in [4.78, 5) is 32.0. The summed E-state index contributed by atoms with van der Waals surface area (Å²) < 4.78 is 0. The number of amides is 2. The first-order chi connectivity index (χ1) is 17.5. The van der Waals surface area contributed by atoms with Crippen molar-refractivity contribution in [2.45, 2.75) is 83.2 Å². The molecule has 1 N–H and O–H groups in total. The van der Waals surface area contributed by atoms with Crippen LogP contribution in [-0.4, -0.2) is 47.9 Å². The van der Waals surface area contributed by atoms with Crippen molar-refractivity contribution in [3.05, 3.63) is 65.2 Å². The van der Waals surface area contributed by atoms with E-state index < -0.39 is 11.6 Å². The predicted octanol–water partition coefficient (Wildman–Crippen LogP) is 4.91. The Balaban J connectivity index is 1.29. The van der Waals surface area contributed by atoms with Gasteiger partial charge in [-0.05, 0) is 99.1 Å². The lowest BCUT2D eigenvalue weighted by Crippen LogP contribution is -2.73. The number of unbranched alkanes of at least 4 members (excludes halogenated alkanes) is 1. The molecular weight excluding hydrogens is 446 g/mol. The number of aryl methyl sites for hydroxylation is 3. The minimum Gasteiger partial charge on any atom is -0.342 e. The van der Waals surface area contributed by atoms with Crippen molar-refractivity contribution in [1.29, 1.82) is 0 Å². The number of nitrogens with one attached hydrogen (secondary N) is 1. The maximum absolute atomic E-state index is 13.9. The predicted molar refractivity (Wildman–Crippen MR) is 145 cm³/mol. The standard InChI is InChI=1S/C31H41N3O2/c1-23(2)21-28-29(35)34(27-15-14-25-12-8-13-26(25)22-27)31(30(36)32-28)16-19-33(20-17-31)18-7-6-11-24-9-4-3-5-10-24/h3-5,9-10,14-15,22-23,28H,6-8,11-13,16-21H2,1-2H3,(H,32,36)/t28-/m0/s1. The van der Waals surface area contributed by atoms with E-state index in [1.54, 1.807) is 0 Å². The third-order valence-electron chi connectivity index (χ3n) is 8.44. The largest absolute Gasteiger partial charge is 0.342 e. The summed E-state index contributed by atoms with van der Waals surface area (Å²) in [6.45, 7) is 6.97. The quantitative estimate of drug-likeness (QED) is 0.539. The van der Waals surface area contributed by atoms with Crippen LogP contribution in [0.4, 0.5) is 5.69 Å². The van der Waals surface area contributed by atoms with Crippen LogP contribution < -0.4 is 10.2 Å². The second-order valence-corrected chi connectivity index (χ2v) is 11.5. The zero-order valence-electron chi connectivity index (χ0n) is 22.0. The Hall–Kier alpha value is -2.66. The summed E-state index contributed by atoms with van der Waals surface area (Å²) in [6, 6.07) is 16.7. The lowest BCUT2D eigenvalue weighted by atomic mass is 9.80. The molecule has 2 aliphatic heterocycles. The van der Waals surface area contributed by atoms with Crippen LogP contribution in [-0.2, 0) is 28.9 Å². The Morgan fingerprint density at radius 3 is 2.47 bits per heavy atom. The second-order valence-electron chi connectivity index (χ2n) is 11.5. The maximum atomic E-state index is 13.9. The number of carbonyl (C=O) groups is 2. The van der Waals surface area contributed by atoms with E-state index in [1.807, 2.05) is 4.90 Å². The molecule has 2 fully saturated rings. The molecule has 1 atom stereocenters. The summed E-state index contributed by atoms with van der Waals surface area (Å²) in [6.07, 6.45) is 8.84. The van der Waals surface area contributed by atoms with Gasteiger partial charge in [-0.25, -0.2) is 0 Å². The van der Waals surface area contributed by atoms with Crippen LogP contribution in [0.3, 0.4) is 0 Å². The highest BCUT2D eigenvalue weighted by atomic mass is 16.2. The third kappa shape index (κ3) is 5.08. The van der Waals surface area contributed by atoms with Crippen LogP contribution in [0.2, 0.25) is 0 Å². The fourth-order valence-corrected chi connectivity index (χ4v) is 6.43. The van der Waals surface area contributed by atoms with E-state index >= 15 is 0 Å². The van der Waals surface area contributed by atoms with Gasteiger partial charge in [-0.3, -0.25) is 14.5 Å². The minimum absolute atomic E-state index is 0.0389. The Bertz CT molecular complexity index is 1070. The molecule has 5 heteroatoms. The number of carbonyl (C=O) groups excluding carboxylic acids is 2. The Labute approximate surface area is 216 Å². The van der Waals surface area contributed by atoms with Crippen molar-refractivity contribution in [2.75, 3.05) is 24.5 Å². The van der Waals surface area contributed by atoms with Crippen LogP contribution in [0.1, 0.15) is 69.1 Å². The van der Waals surface area contributed by atoms with Gasteiger partial charge in [0.1, 0.15) is 11.6 Å². The van der Waals surface area contributed by atoms with E-state index in [1.165, 1.54) is 29.5 Å². The number of hydrogen-bond acceptors (Lipinski definition) is 3. The summed E-state index contributed by atoms with van der Waals surface area (Å²) in [5.41, 5.74) is 4.27. The highest BCUT2D eigenvalue weighted by Gasteiger charge is 2.54. The zero-order chi connectivity index (χ0) is 25.1. The molecule has 192 valence electrons. The average Bonchev–Trinajstić information content (AvgIpc) is 3.35. The SMILES string of the molecule is CC(C)C[C@@H]1NC(=O)C2(CCN(CCCCc3ccccc3)CC2)N(c2ccc3c(c2)CCC3)C1=O. The number of hydrogen-bond donors (Lipinski definition) is 1. The lowest BCUT2D eigenvalue weighted by molar-refractivity contribution is -0.140. The highest BCUT2D eigenvalue weighted by Crippen LogP contribution is 2.39. The average molecular weight is 488 g/mol. The van der Waals surface area contributed by atoms with E-state index in [4.69, 9.17) is 0 Å². The van der Waals surface area contributed by atoms with Gasteiger partial charge < -0.3 is 10.2 Å². The fraction of sp³-hybridized carbons (Fsp3) is 0.548. The van der Waals surface area contributed by atoms with E-state index in [0.29, 0.717) is 25.2 Å². The normalized spacial score (nSPS) is 21.8. The monoisotopic (exact) mass is 487 g/mol. The molecule has 2 amide bonds. The minimum atomic E-state index is -0.780. The Morgan fingerprint density at radius 2 is 1.72 bits per heavy atom. The Kier molecular flexibility index (Phi) is 7.47. The van der Waals surface area contributed by atoms with Gasteiger partial charge in [0.05, 0.1) is 0 Å². The van der Waals surface area contributed by atoms with Crippen molar-refractivity contribution in [1.82, 2.24) is 10.2 Å². The summed E-state index contributed by atoms with van der Waals surface area (Å²) in [7, 11) is 0. The van der Waals surface area contributed by atoms with Crippen LogP contribution >= 0.6 is 0 Å². The number of fused-ring (bicyclic) bond motifs is 1. The molecule has 0 aromatic heterocycles. The van der Waals surface area contributed by atoms with Gasteiger partial charge in [0, 0.05) is 18.8 Å². The van der Waals surface area contributed by atoms with Crippen LogP contribution in [0.15, 0.2) is 48.5 Å². The van der Waals surface area contributed by atoms with Crippen molar-refractivity contribution in [3.8, 4) is 0 Å². The van der Waals surface area contributed by atoms with Gasteiger partial charge in [-0.1, -0.05) is 50.2 Å². The molecule has 2 aromatic carbocycles. The molecule has 1 aliphatic carbocycles. The molecule has 0 radical (unpaired) electrons. The molecular formula is C31H41N3O2. The van der Waals surface area contributed by atoms with Crippen LogP contribution in [0.25, 0.3) is 0 Å². The summed E-state index contributed by atoms with van der Waals surface area (Å²) in [5.74, 6) is 0.447. The first-order valence-corrected chi connectivity index (χ1v) is 14.0. The molecule has 36 heavy (non-hydrogen) atoms. The first-order valence-electron chi connectivity index (χ1n) is 14.0. The number of piperazine rings is 1. The van der Waals surface area contributed by atoms with Crippen LogP contribution in [0, 0.1) is 5.92 Å². The van der Waals surface area contributed by atoms with Crippen molar-refractivity contribution >= 4 is 17.5 Å². The smallest absolute Gasteiger partial charge is 0.250 e. The van der Waals surface area contributed by atoms with E-state index in [0.717, 1.165) is 51.0 Å². The molecule has 2 heterocycles. The third-order valence-corrected chi connectivity index (χ3v) is 8.44. The number of benzene rings is 2.